The van der Waals surface area contributed by atoms with Gasteiger partial charge in [0.1, 0.15) is 17.0 Å². The van der Waals surface area contributed by atoms with E-state index in [-0.39, 0.29) is 12.3 Å². The zero-order valence-electron chi connectivity index (χ0n) is 12.9. The lowest BCUT2D eigenvalue weighted by atomic mass is 10.3. The van der Waals surface area contributed by atoms with Crippen LogP contribution in [0.2, 0.25) is 5.02 Å². The van der Waals surface area contributed by atoms with Gasteiger partial charge in [-0.3, -0.25) is 4.79 Å². The monoisotopic (exact) mass is 362 g/mol. The van der Waals surface area contributed by atoms with Crippen molar-refractivity contribution < 1.29 is 14.3 Å². The molecule has 1 aromatic heterocycles. The highest BCUT2D eigenvalue weighted by Crippen LogP contribution is 2.37. The van der Waals surface area contributed by atoms with Gasteiger partial charge in [-0.25, -0.2) is 4.98 Å². The summed E-state index contributed by atoms with van der Waals surface area (Å²) in [4.78, 5) is 16.4. The van der Waals surface area contributed by atoms with Crippen LogP contribution in [0.3, 0.4) is 0 Å². The molecule has 0 saturated carbocycles. The zero-order valence-corrected chi connectivity index (χ0v) is 14.5. The van der Waals surface area contributed by atoms with E-state index in [1.54, 1.807) is 19.2 Å². The van der Waals surface area contributed by atoms with Crippen LogP contribution in [0.1, 0.15) is 6.42 Å². The first kappa shape index (κ1) is 16.5. The number of hydrogen-bond donors (Lipinski definition) is 1. The number of aromatic nitrogens is 1. The van der Waals surface area contributed by atoms with Crippen molar-refractivity contribution in [3.8, 4) is 11.5 Å². The van der Waals surface area contributed by atoms with Crippen LogP contribution in [0.15, 0.2) is 42.5 Å². The Balaban J connectivity index is 1.62. The summed E-state index contributed by atoms with van der Waals surface area (Å²) in [5.74, 6) is 1.19. The van der Waals surface area contributed by atoms with Crippen molar-refractivity contribution in [3.63, 3.8) is 0 Å². The fraction of sp³-hybridized carbons (Fsp3) is 0.176. The van der Waals surface area contributed by atoms with Crippen molar-refractivity contribution in [1.82, 2.24) is 4.98 Å². The highest BCUT2D eigenvalue weighted by molar-refractivity contribution is 7.23. The van der Waals surface area contributed by atoms with Crippen molar-refractivity contribution in [2.45, 2.75) is 6.42 Å². The lowest BCUT2D eigenvalue weighted by Gasteiger charge is -2.05. The number of thiazole rings is 1. The molecule has 0 bridgehead atoms. The van der Waals surface area contributed by atoms with Gasteiger partial charge >= 0.3 is 0 Å². The molecule has 0 aliphatic carbocycles. The molecule has 0 radical (unpaired) electrons. The molecule has 0 spiro atoms. The topological polar surface area (TPSA) is 60.5 Å². The summed E-state index contributed by atoms with van der Waals surface area (Å²) >= 11 is 7.49. The van der Waals surface area contributed by atoms with Crippen LogP contribution in [0.4, 0.5) is 5.13 Å². The Labute approximate surface area is 148 Å². The SMILES string of the molecule is COc1ccc(Cl)c2sc(NC(=O)CCOc3ccccc3)nc12. The van der Waals surface area contributed by atoms with Crippen LogP contribution < -0.4 is 14.8 Å². The smallest absolute Gasteiger partial charge is 0.229 e. The number of carbonyl (C=O) groups is 1. The molecule has 3 rings (SSSR count). The van der Waals surface area contributed by atoms with E-state index in [4.69, 9.17) is 21.1 Å². The number of halogens is 1. The molecule has 0 fully saturated rings. The molecule has 3 aromatic rings. The Morgan fingerprint density at radius 1 is 1.25 bits per heavy atom. The van der Waals surface area contributed by atoms with E-state index in [2.05, 4.69) is 10.3 Å². The number of fused-ring (bicyclic) bond motifs is 1. The molecular formula is C17H15ClN2O3S. The van der Waals surface area contributed by atoms with Crippen LogP contribution in [-0.2, 0) is 4.79 Å². The molecule has 1 amide bonds. The van der Waals surface area contributed by atoms with Gasteiger partial charge in [0, 0.05) is 0 Å². The van der Waals surface area contributed by atoms with Crippen molar-refractivity contribution in [2.75, 3.05) is 19.0 Å². The number of para-hydroxylation sites is 1. The quantitative estimate of drug-likeness (QED) is 0.707. The highest BCUT2D eigenvalue weighted by Gasteiger charge is 2.13. The first-order valence-corrected chi connectivity index (χ1v) is 8.47. The number of amides is 1. The Hall–Kier alpha value is -2.31. The average Bonchev–Trinajstić information content (AvgIpc) is 3.01. The largest absolute Gasteiger partial charge is 0.494 e. The molecule has 0 aliphatic rings. The van der Waals surface area contributed by atoms with Gasteiger partial charge in [-0.15, -0.1) is 0 Å². The second-order valence-electron chi connectivity index (χ2n) is 4.91. The summed E-state index contributed by atoms with van der Waals surface area (Å²) in [5, 5.41) is 3.84. The van der Waals surface area contributed by atoms with Crippen molar-refractivity contribution >= 4 is 44.2 Å². The lowest BCUT2D eigenvalue weighted by molar-refractivity contribution is -0.116. The number of nitrogens with one attached hydrogen (secondary N) is 1. The van der Waals surface area contributed by atoms with E-state index < -0.39 is 0 Å². The lowest BCUT2D eigenvalue weighted by Crippen LogP contribution is -2.15. The highest BCUT2D eigenvalue weighted by atomic mass is 35.5. The molecule has 24 heavy (non-hydrogen) atoms. The van der Waals surface area contributed by atoms with E-state index in [1.165, 1.54) is 11.3 Å². The summed E-state index contributed by atoms with van der Waals surface area (Å²) < 4.78 is 11.6. The van der Waals surface area contributed by atoms with E-state index >= 15 is 0 Å². The number of benzene rings is 2. The summed E-state index contributed by atoms with van der Waals surface area (Å²) in [6, 6.07) is 12.9. The van der Waals surface area contributed by atoms with Gasteiger partial charge in [0.25, 0.3) is 0 Å². The number of rotatable bonds is 6. The van der Waals surface area contributed by atoms with E-state index in [1.807, 2.05) is 30.3 Å². The standard InChI is InChI=1S/C17H15ClN2O3S/c1-22-13-8-7-12(18)16-15(13)20-17(24-16)19-14(21)9-10-23-11-5-3-2-4-6-11/h2-8H,9-10H2,1H3,(H,19,20,21). The maximum atomic E-state index is 12.0. The number of ether oxygens (including phenoxy) is 2. The Morgan fingerprint density at radius 2 is 2.04 bits per heavy atom. The minimum Gasteiger partial charge on any atom is -0.494 e. The maximum absolute atomic E-state index is 12.0. The molecule has 124 valence electrons. The summed E-state index contributed by atoms with van der Waals surface area (Å²) in [6.07, 6.45) is 0.232. The van der Waals surface area contributed by atoms with Crippen LogP contribution in [0.25, 0.3) is 10.2 Å². The Bertz CT molecular complexity index is 852. The predicted octanol–water partition coefficient (Wildman–Crippen LogP) is 4.37. The first-order valence-electron chi connectivity index (χ1n) is 7.28. The number of hydrogen-bond acceptors (Lipinski definition) is 5. The second kappa shape index (κ2) is 7.51. The maximum Gasteiger partial charge on any atom is 0.229 e. The van der Waals surface area contributed by atoms with Crippen LogP contribution >= 0.6 is 22.9 Å². The third-order valence-corrected chi connectivity index (χ3v) is 4.70. The summed E-state index contributed by atoms with van der Waals surface area (Å²) in [5.41, 5.74) is 0.644. The Kier molecular flexibility index (Phi) is 5.17. The fourth-order valence-electron chi connectivity index (χ4n) is 2.13. The predicted molar refractivity (Wildman–Crippen MR) is 96.4 cm³/mol. The molecule has 0 unspecified atom stereocenters. The molecule has 0 atom stereocenters. The van der Waals surface area contributed by atoms with Gasteiger partial charge < -0.3 is 14.8 Å². The van der Waals surface area contributed by atoms with Gasteiger partial charge in [0.2, 0.25) is 5.91 Å². The molecule has 0 aliphatic heterocycles. The molecular weight excluding hydrogens is 348 g/mol. The minimum absolute atomic E-state index is 0.167. The number of carbonyl (C=O) groups excluding carboxylic acids is 1. The second-order valence-corrected chi connectivity index (χ2v) is 6.31. The molecule has 5 nitrogen and oxygen atoms in total. The molecule has 7 heteroatoms. The molecule has 2 aromatic carbocycles. The van der Waals surface area contributed by atoms with E-state index in [0.717, 1.165) is 10.4 Å². The third kappa shape index (κ3) is 3.77. The molecule has 1 heterocycles. The van der Waals surface area contributed by atoms with Gasteiger partial charge in [-0.1, -0.05) is 41.1 Å². The van der Waals surface area contributed by atoms with E-state index in [0.29, 0.717) is 28.0 Å². The summed E-state index contributed by atoms with van der Waals surface area (Å²) in [6.45, 7) is 0.296. The molecule has 0 saturated heterocycles. The van der Waals surface area contributed by atoms with Crippen molar-refractivity contribution in [2.24, 2.45) is 0 Å². The number of anilines is 1. The normalized spacial score (nSPS) is 10.6. The van der Waals surface area contributed by atoms with Crippen LogP contribution in [-0.4, -0.2) is 24.6 Å². The fourth-order valence-corrected chi connectivity index (χ4v) is 3.30. The van der Waals surface area contributed by atoms with Gasteiger partial charge in [-0.05, 0) is 24.3 Å². The van der Waals surface area contributed by atoms with Crippen LogP contribution in [0.5, 0.6) is 11.5 Å². The van der Waals surface area contributed by atoms with Gasteiger partial charge in [-0.2, -0.15) is 0 Å². The summed E-state index contributed by atoms with van der Waals surface area (Å²) in [7, 11) is 1.57. The van der Waals surface area contributed by atoms with E-state index in [9.17, 15) is 4.79 Å². The van der Waals surface area contributed by atoms with Crippen molar-refractivity contribution in [3.05, 3.63) is 47.5 Å². The zero-order chi connectivity index (χ0) is 16.9. The van der Waals surface area contributed by atoms with Crippen molar-refractivity contribution in [1.29, 1.82) is 0 Å². The number of methoxy groups -OCH3 is 1. The first-order chi connectivity index (χ1) is 11.7. The molecule has 1 N–H and O–H groups in total. The third-order valence-electron chi connectivity index (χ3n) is 3.27. The average molecular weight is 363 g/mol. The Morgan fingerprint density at radius 3 is 2.79 bits per heavy atom. The number of nitrogens with zero attached hydrogens (tertiary/aromatic N) is 1. The van der Waals surface area contributed by atoms with Gasteiger partial charge in [0.15, 0.2) is 5.13 Å². The van der Waals surface area contributed by atoms with Crippen LogP contribution in [0, 0.1) is 0 Å². The van der Waals surface area contributed by atoms with Gasteiger partial charge in [0.05, 0.1) is 29.9 Å². The minimum atomic E-state index is -0.167.